The fraction of sp³-hybridized carbons (Fsp3) is 0.231. The molecule has 0 unspecified atom stereocenters. The molecule has 3 aromatic carbocycles. The number of carbonyl (C=O) groups excluding carboxylic acids is 2. The molecule has 1 heterocycles. The second-order valence-corrected chi connectivity index (χ2v) is 9.02. The van der Waals surface area contributed by atoms with Gasteiger partial charge < -0.3 is 20.4 Å². The van der Waals surface area contributed by atoms with Gasteiger partial charge in [-0.1, -0.05) is 17.7 Å². The summed E-state index contributed by atoms with van der Waals surface area (Å²) in [6.45, 7) is -0.0294. The third-order valence-corrected chi connectivity index (χ3v) is 6.49. The number of fused-ring (bicyclic) bond motifs is 1. The molecule has 0 fully saturated rings. The Balaban J connectivity index is 1.62. The summed E-state index contributed by atoms with van der Waals surface area (Å²) in [4.78, 5) is 26.9. The van der Waals surface area contributed by atoms with E-state index in [2.05, 4.69) is 5.32 Å². The van der Waals surface area contributed by atoms with E-state index in [0.29, 0.717) is 11.3 Å². The van der Waals surface area contributed by atoms with Gasteiger partial charge in [-0.3, -0.25) is 9.59 Å². The van der Waals surface area contributed by atoms with Gasteiger partial charge in [0.05, 0.1) is 12.3 Å². The van der Waals surface area contributed by atoms with Crippen LogP contribution in [-0.2, 0) is 5.60 Å². The van der Waals surface area contributed by atoms with Crippen molar-refractivity contribution in [2.75, 3.05) is 23.4 Å². The van der Waals surface area contributed by atoms with Gasteiger partial charge in [0, 0.05) is 40.4 Å². The molecular weight excluding hydrogens is 497 g/mol. The molecule has 188 valence electrons. The standard InChI is InChI=1S/C26H22ClF3N2O4/c1-15-2-6-18(28)13-20(15)23(34)31-19-7-3-16(4-8-19)24(35)32-11-10-26(29,30)25(36,14-33)21-12-17(27)5-9-22(21)32/h2-9,12-13,33,36H,10-11,14H2,1H3,(H,31,34)/t25-/m0/s1. The Morgan fingerprint density at radius 2 is 1.78 bits per heavy atom. The van der Waals surface area contributed by atoms with Gasteiger partial charge in [-0.2, -0.15) is 0 Å². The molecule has 0 spiro atoms. The number of anilines is 2. The summed E-state index contributed by atoms with van der Waals surface area (Å²) in [5, 5.41) is 23.1. The van der Waals surface area contributed by atoms with E-state index in [-0.39, 0.29) is 27.4 Å². The van der Waals surface area contributed by atoms with Crippen LogP contribution >= 0.6 is 11.6 Å². The van der Waals surface area contributed by atoms with Crippen molar-refractivity contribution in [3.63, 3.8) is 0 Å². The Morgan fingerprint density at radius 3 is 2.44 bits per heavy atom. The van der Waals surface area contributed by atoms with E-state index in [4.69, 9.17) is 11.6 Å². The first kappa shape index (κ1) is 25.7. The third kappa shape index (κ3) is 4.57. The van der Waals surface area contributed by atoms with Gasteiger partial charge in [0.1, 0.15) is 5.82 Å². The summed E-state index contributed by atoms with van der Waals surface area (Å²) in [5.74, 6) is -5.45. The fourth-order valence-corrected chi connectivity index (χ4v) is 4.32. The molecule has 6 nitrogen and oxygen atoms in total. The Bertz CT molecular complexity index is 1330. The van der Waals surface area contributed by atoms with Crippen LogP contribution in [0.15, 0.2) is 60.7 Å². The van der Waals surface area contributed by atoms with E-state index in [1.54, 1.807) is 6.92 Å². The van der Waals surface area contributed by atoms with Crippen LogP contribution in [0.4, 0.5) is 24.5 Å². The molecule has 1 aliphatic heterocycles. The van der Waals surface area contributed by atoms with Gasteiger partial charge in [0.15, 0.2) is 5.60 Å². The highest BCUT2D eigenvalue weighted by atomic mass is 35.5. The highest BCUT2D eigenvalue weighted by molar-refractivity contribution is 6.30. The van der Waals surface area contributed by atoms with Crippen molar-refractivity contribution < 1.29 is 33.0 Å². The highest BCUT2D eigenvalue weighted by Crippen LogP contribution is 2.47. The first-order valence-electron chi connectivity index (χ1n) is 11.0. The van der Waals surface area contributed by atoms with Crippen LogP contribution in [-0.4, -0.2) is 41.1 Å². The molecule has 36 heavy (non-hydrogen) atoms. The van der Waals surface area contributed by atoms with Crippen LogP contribution in [0.5, 0.6) is 0 Å². The summed E-state index contributed by atoms with van der Waals surface area (Å²) in [7, 11) is 0. The summed E-state index contributed by atoms with van der Waals surface area (Å²) in [5.41, 5.74) is -2.07. The lowest BCUT2D eigenvalue weighted by Gasteiger charge is -2.33. The number of hydrogen-bond donors (Lipinski definition) is 3. The lowest BCUT2D eigenvalue weighted by atomic mass is 9.86. The maximum absolute atomic E-state index is 14.9. The molecule has 0 aromatic heterocycles. The van der Waals surface area contributed by atoms with E-state index in [0.717, 1.165) is 17.0 Å². The number of alkyl halides is 2. The molecule has 0 saturated carbocycles. The van der Waals surface area contributed by atoms with Crippen molar-refractivity contribution in [2.24, 2.45) is 0 Å². The average Bonchev–Trinajstić information content (AvgIpc) is 2.93. The maximum Gasteiger partial charge on any atom is 0.284 e. The predicted molar refractivity (Wildman–Crippen MR) is 129 cm³/mol. The number of rotatable bonds is 4. The second kappa shape index (κ2) is 9.57. The minimum atomic E-state index is -3.74. The number of aliphatic hydroxyl groups excluding tert-OH is 1. The van der Waals surface area contributed by atoms with E-state index in [1.807, 2.05) is 0 Å². The fourth-order valence-electron chi connectivity index (χ4n) is 4.15. The van der Waals surface area contributed by atoms with E-state index in [9.17, 15) is 33.0 Å². The van der Waals surface area contributed by atoms with Crippen molar-refractivity contribution in [3.8, 4) is 0 Å². The van der Waals surface area contributed by atoms with E-state index in [1.165, 1.54) is 48.5 Å². The molecule has 10 heteroatoms. The van der Waals surface area contributed by atoms with Crippen LogP contribution < -0.4 is 10.2 Å². The normalized spacial score (nSPS) is 18.8. The van der Waals surface area contributed by atoms with Crippen molar-refractivity contribution >= 4 is 34.8 Å². The van der Waals surface area contributed by atoms with Gasteiger partial charge in [0.2, 0.25) is 0 Å². The number of nitrogens with zero attached hydrogens (tertiary/aromatic N) is 1. The van der Waals surface area contributed by atoms with Gasteiger partial charge in [0.25, 0.3) is 17.7 Å². The smallest absolute Gasteiger partial charge is 0.284 e. The molecule has 0 aliphatic carbocycles. The number of aryl methyl sites for hydroxylation is 1. The number of carbonyl (C=O) groups is 2. The minimum Gasteiger partial charge on any atom is -0.393 e. The Kier molecular flexibility index (Phi) is 6.83. The van der Waals surface area contributed by atoms with Crippen molar-refractivity contribution in [1.82, 2.24) is 0 Å². The van der Waals surface area contributed by atoms with Gasteiger partial charge >= 0.3 is 0 Å². The molecule has 3 aromatic rings. The van der Waals surface area contributed by atoms with Crippen molar-refractivity contribution in [1.29, 1.82) is 0 Å². The zero-order chi connectivity index (χ0) is 26.3. The summed E-state index contributed by atoms with van der Waals surface area (Å²) in [6.07, 6.45) is -0.900. The van der Waals surface area contributed by atoms with Crippen LogP contribution in [0.1, 0.15) is 38.3 Å². The molecule has 0 radical (unpaired) electrons. The predicted octanol–water partition coefficient (Wildman–Crippen LogP) is 4.91. The molecule has 3 N–H and O–H groups in total. The topological polar surface area (TPSA) is 89.9 Å². The quantitative estimate of drug-likeness (QED) is 0.458. The Hall–Kier alpha value is -3.40. The maximum atomic E-state index is 14.9. The monoisotopic (exact) mass is 518 g/mol. The number of hydrogen-bond acceptors (Lipinski definition) is 4. The minimum absolute atomic E-state index is 0.00270. The largest absolute Gasteiger partial charge is 0.393 e. The molecule has 4 rings (SSSR count). The number of nitrogens with one attached hydrogen (secondary N) is 1. The van der Waals surface area contributed by atoms with Gasteiger partial charge in [-0.05, 0) is 67.1 Å². The first-order valence-corrected chi connectivity index (χ1v) is 11.3. The highest BCUT2D eigenvalue weighted by Gasteiger charge is 2.56. The number of benzene rings is 3. The van der Waals surface area contributed by atoms with Crippen LogP contribution in [0.25, 0.3) is 0 Å². The van der Waals surface area contributed by atoms with Crippen molar-refractivity contribution in [3.05, 3.63) is 93.8 Å². The zero-order valence-electron chi connectivity index (χ0n) is 19.1. The molecule has 0 saturated heterocycles. The van der Waals surface area contributed by atoms with Crippen LogP contribution in [0.3, 0.4) is 0 Å². The summed E-state index contributed by atoms with van der Waals surface area (Å²) < 4.78 is 43.3. The van der Waals surface area contributed by atoms with Gasteiger partial charge in [-0.15, -0.1) is 0 Å². The first-order chi connectivity index (χ1) is 17.0. The molecule has 1 aliphatic rings. The molecule has 1 atom stereocenters. The summed E-state index contributed by atoms with van der Waals surface area (Å²) >= 11 is 5.98. The van der Waals surface area contributed by atoms with E-state index < -0.39 is 48.7 Å². The number of aliphatic hydroxyl groups is 2. The van der Waals surface area contributed by atoms with Crippen LogP contribution in [0, 0.1) is 12.7 Å². The molecule has 0 bridgehead atoms. The average molecular weight is 519 g/mol. The number of halogens is 4. The SMILES string of the molecule is Cc1ccc(F)cc1C(=O)Nc1ccc(C(=O)N2CCC(F)(F)[C@](O)(CO)c3cc(Cl)ccc32)cc1. The lowest BCUT2D eigenvalue weighted by molar-refractivity contribution is -0.205. The zero-order valence-corrected chi connectivity index (χ0v) is 19.8. The Labute approximate surface area is 209 Å². The molecular formula is C26H22ClF3N2O4. The second-order valence-electron chi connectivity index (χ2n) is 8.58. The summed E-state index contributed by atoms with van der Waals surface area (Å²) in [6, 6.07) is 13.4. The third-order valence-electron chi connectivity index (χ3n) is 6.26. The number of amides is 2. The van der Waals surface area contributed by atoms with E-state index >= 15 is 0 Å². The van der Waals surface area contributed by atoms with Crippen LogP contribution in [0.2, 0.25) is 5.02 Å². The lowest BCUT2D eigenvalue weighted by Crippen LogP contribution is -2.48. The molecule has 2 amide bonds. The Morgan fingerprint density at radius 1 is 1.08 bits per heavy atom. The van der Waals surface area contributed by atoms with Crippen molar-refractivity contribution in [2.45, 2.75) is 24.9 Å². The van der Waals surface area contributed by atoms with Gasteiger partial charge in [-0.25, -0.2) is 13.2 Å².